The molecule has 108 valence electrons. The summed E-state index contributed by atoms with van der Waals surface area (Å²) >= 11 is 0. The molecule has 2 aromatic heterocycles. The van der Waals surface area contributed by atoms with Crippen molar-refractivity contribution in [2.45, 2.75) is 13.1 Å². The van der Waals surface area contributed by atoms with Crippen LogP contribution in [0, 0.1) is 0 Å². The van der Waals surface area contributed by atoms with Crippen LogP contribution in [0.25, 0.3) is 10.9 Å². The van der Waals surface area contributed by atoms with Gasteiger partial charge in [0.05, 0.1) is 17.4 Å². The molecule has 0 aliphatic heterocycles. The van der Waals surface area contributed by atoms with Gasteiger partial charge < -0.3 is 5.73 Å². The third kappa shape index (κ3) is 3.03. The Labute approximate surface area is 124 Å². The van der Waals surface area contributed by atoms with E-state index >= 15 is 0 Å². The Bertz CT molecular complexity index is 762. The number of para-hydroxylation sites is 1. The lowest BCUT2D eigenvalue weighted by Crippen LogP contribution is -2.18. The molecule has 0 spiro atoms. The zero-order valence-electron chi connectivity index (χ0n) is 12.3. The average Bonchev–Trinajstić information content (AvgIpc) is 2.84. The zero-order valence-corrected chi connectivity index (χ0v) is 12.3. The molecule has 0 atom stereocenters. The molecule has 2 heterocycles. The normalized spacial score (nSPS) is 11.4. The molecular weight excluding hydrogens is 262 g/mol. The van der Waals surface area contributed by atoms with Gasteiger partial charge in [0, 0.05) is 43.0 Å². The predicted octanol–water partition coefficient (Wildman–Crippen LogP) is 2.18. The van der Waals surface area contributed by atoms with Crippen LogP contribution in [0.5, 0.6) is 0 Å². The number of nitrogens with zero attached hydrogens (tertiary/aromatic N) is 4. The molecule has 0 radical (unpaired) electrons. The Hall–Kier alpha value is -2.40. The number of hydrogen-bond acceptors (Lipinski definition) is 4. The van der Waals surface area contributed by atoms with E-state index in [0.29, 0.717) is 0 Å². The summed E-state index contributed by atoms with van der Waals surface area (Å²) in [7, 11) is 4.00. The molecule has 0 bridgehead atoms. The summed E-state index contributed by atoms with van der Waals surface area (Å²) in [6, 6.07) is 9.92. The first kappa shape index (κ1) is 13.6. The summed E-state index contributed by atoms with van der Waals surface area (Å²) in [5.41, 5.74) is 10.0. The maximum Gasteiger partial charge on any atom is 0.0726 e. The van der Waals surface area contributed by atoms with E-state index < -0.39 is 0 Å². The fourth-order valence-corrected chi connectivity index (χ4v) is 2.54. The van der Waals surface area contributed by atoms with Gasteiger partial charge in [0.1, 0.15) is 0 Å². The fraction of sp³-hybridized carbons (Fsp3) is 0.250. The average molecular weight is 281 g/mol. The van der Waals surface area contributed by atoms with Gasteiger partial charge in [-0.15, -0.1) is 0 Å². The van der Waals surface area contributed by atoms with Crippen LogP contribution in [0.3, 0.4) is 0 Å². The Morgan fingerprint density at radius 2 is 2.05 bits per heavy atom. The number of hydrogen-bond donors (Lipinski definition) is 1. The number of fused-ring (bicyclic) bond motifs is 1. The van der Waals surface area contributed by atoms with Gasteiger partial charge in [-0.2, -0.15) is 5.10 Å². The molecule has 0 unspecified atom stereocenters. The van der Waals surface area contributed by atoms with Gasteiger partial charge >= 0.3 is 0 Å². The number of anilines is 1. The van der Waals surface area contributed by atoms with Crippen LogP contribution >= 0.6 is 0 Å². The molecule has 1 aromatic carbocycles. The molecule has 0 saturated heterocycles. The summed E-state index contributed by atoms with van der Waals surface area (Å²) in [6.45, 7) is 1.59. The lowest BCUT2D eigenvalue weighted by Gasteiger charge is -2.16. The highest BCUT2D eigenvalue weighted by Gasteiger charge is 2.07. The smallest absolute Gasteiger partial charge is 0.0726 e. The molecule has 0 fully saturated rings. The first-order valence-electron chi connectivity index (χ1n) is 6.92. The minimum absolute atomic E-state index is 0.754. The Morgan fingerprint density at radius 1 is 1.24 bits per heavy atom. The lowest BCUT2D eigenvalue weighted by molar-refractivity contribution is 0.315. The number of aryl methyl sites for hydroxylation is 1. The molecule has 3 aromatic rings. The Balaban J connectivity index is 1.78. The zero-order chi connectivity index (χ0) is 14.8. The molecule has 0 aliphatic carbocycles. The van der Waals surface area contributed by atoms with E-state index in [1.807, 2.05) is 54.5 Å². The van der Waals surface area contributed by atoms with Crippen molar-refractivity contribution in [2.24, 2.45) is 7.05 Å². The Morgan fingerprint density at radius 3 is 2.81 bits per heavy atom. The maximum absolute atomic E-state index is 6.12. The maximum atomic E-state index is 6.12. The van der Waals surface area contributed by atoms with Crippen LogP contribution in [0.2, 0.25) is 0 Å². The summed E-state index contributed by atoms with van der Waals surface area (Å²) in [6.07, 6.45) is 3.91. The van der Waals surface area contributed by atoms with Crippen LogP contribution < -0.4 is 5.73 Å². The number of rotatable bonds is 4. The van der Waals surface area contributed by atoms with Crippen LogP contribution in [0.1, 0.15) is 11.3 Å². The first-order valence-corrected chi connectivity index (χ1v) is 6.92. The number of nitrogens with two attached hydrogens (primary N) is 1. The van der Waals surface area contributed by atoms with Gasteiger partial charge in [-0.3, -0.25) is 14.6 Å². The van der Waals surface area contributed by atoms with Crippen molar-refractivity contribution in [3.05, 3.63) is 54.0 Å². The first-order chi connectivity index (χ1) is 10.1. The van der Waals surface area contributed by atoms with Gasteiger partial charge in [-0.05, 0) is 19.2 Å². The van der Waals surface area contributed by atoms with E-state index in [1.54, 1.807) is 0 Å². The molecule has 0 saturated carbocycles. The second kappa shape index (κ2) is 5.54. The van der Waals surface area contributed by atoms with Crippen LogP contribution in [-0.2, 0) is 20.1 Å². The summed E-state index contributed by atoms with van der Waals surface area (Å²) in [5.74, 6) is 0. The van der Waals surface area contributed by atoms with E-state index in [-0.39, 0.29) is 0 Å². The minimum Gasteiger partial charge on any atom is -0.398 e. The predicted molar refractivity (Wildman–Crippen MR) is 84.5 cm³/mol. The second-order valence-electron chi connectivity index (χ2n) is 5.41. The highest BCUT2D eigenvalue weighted by Crippen LogP contribution is 2.20. The molecule has 0 aliphatic rings. The largest absolute Gasteiger partial charge is 0.398 e. The lowest BCUT2D eigenvalue weighted by atomic mass is 10.1. The van der Waals surface area contributed by atoms with Gasteiger partial charge in [-0.25, -0.2) is 0 Å². The van der Waals surface area contributed by atoms with Gasteiger partial charge in [0.15, 0.2) is 0 Å². The van der Waals surface area contributed by atoms with Gasteiger partial charge in [0.25, 0.3) is 0 Å². The SMILES string of the molecule is CN(Cc1cnn(C)c1)Cc1cc(N)c2ccccc2n1. The topological polar surface area (TPSA) is 60.0 Å². The van der Waals surface area contributed by atoms with Crippen molar-refractivity contribution in [2.75, 3.05) is 12.8 Å². The van der Waals surface area contributed by atoms with Gasteiger partial charge in [0.2, 0.25) is 0 Å². The van der Waals surface area contributed by atoms with E-state index in [4.69, 9.17) is 5.73 Å². The molecule has 5 heteroatoms. The van der Waals surface area contributed by atoms with E-state index in [0.717, 1.165) is 35.4 Å². The summed E-state index contributed by atoms with van der Waals surface area (Å²) in [5, 5.41) is 5.20. The van der Waals surface area contributed by atoms with Crippen molar-refractivity contribution >= 4 is 16.6 Å². The number of nitrogen functional groups attached to an aromatic ring is 1. The van der Waals surface area contributed by atoms with Crippen molar-refractivity contribution in [1.82, 2.24) is 19.7 Å². The molecule has 3 rings (SSSR count). The number of benzene rings is 1. The standard InChI is InChI=1S/C16H19N5/c1-20(9-12-8-18-21(2)10-12)11-13-7-15(17)14-5-3-4-6-16(14)19-13/h3-8,10H,9,11H2,1-2H3,(H2,17,19). The summed E-state index contributed by atoms with van der Waals surface area (Å²) < 4.78 is 1.81. The molecule has 5 nitrogen and oxygen atoms in total. The number of pyridine rings is 1. The molecule has 0 amide bonds. The van der Waals surface area contributed by atoms with E-state index in [9.17, 15) is 0 Å². The molecule has 2 N–H and O–H groups in total. The van der Waals surface area contributed by atoms with Gasteiger partial charge in [-0.1, -0.05) is 18.2 Å². The molecule has 21 heavy (non-hydrogen) atoms. The van der Waals surface area contributed by atoms with Crippen molar-refractivity contribution < 1.29 is 0 Å². The summed E-state index contributed by atoms with van der Waals surface area (Å²) in [4.78, 5) is 6.88. The third-order valence-electron chi connectivity index (χ3n) is 3.44. The minimum atomic E-state index is 0.754. The second-order valence-corrected chi connectivity index (χ2v) is 5.41. The quantitative estimate of drug-likeness (QED) is 0.796. The van der Waals surface area contributed by atoms with E-state index in [1.165, 1.54) is 5.56 Å². The third-order valence-corrected chi connectivity index (χ3v) is 3.44. The van der Waals surface area contributed by atoms with E-state index in [2.05, 4.69) is 22.0 Å². The van der Waals surface area contributed by atoms with Crippen molar-refractivity contribution in [3.63, 3.8) is 0 Å². The van der Waals surface area contributed by atoms with Crippen LogP contribution in [0.15, 0.2) is 42.7 Å². The number of aromatic nitrogens is 3. The Kier molecular flexibility index (Phi) is 3.58. The highest BCUT2D eigenvalue weighted by atomic mass is 15.2. The van der Waals surface area contributed by atoms with Crippen LogP contribution in [-0.4, -0.2) is 26.7 Å². The monoisotopic (exact) mass is 281 g/mol. The van der Waals surface area contributed by atoms with Crippen molar-refractivity contribution in [1.29, 1.82) is 0 Å². The molecular formula is C16H19N5. The van der Waals surface area contributed by atoms with Crippen molar-refractivity contribution in [3.8, 4) is 0 Å². The fourth-order valence-electron chi connectivity index (χ4n) is 2.54. The van der Waals surface area contributed by atoms with Crippen LogP contribution in [0.4, 0.5) is 5.69 Å². The highest BCUT2D eigenvalue weighted by molar-refractivity contribution is 5.90.